The standard InChI is InChI=1S/C27H31ClF5N5O2/c1-16-15-38(11-10-37(16)9-7-27(31,32)33)22-12-19(28)3-5-21(22)36-26(40)20-4-2-17(23(29)24(20)30)14-35-25(39)18-6-8-34-13-18/h2-5,12,16,18,34H,6-11,13-15H2,1H3,(H,35,39)(H,36,40)/t16-,18?/m0/s1. The van der Waals surface area contributed by atoms with Crippen molar-refractivity contribution >= 4 is 34.8 Å². The highest BCUT2D eigenvalue weighted by Gasteiger charge is 2.32. The topological polar surface area (TPSA) is 76.7 Å². The molecule has 2 aromatic carbocycles. The first-order valence-electron chi connectivity index (χ1n) is 13.0. The van der Waals surface area contributed by atoms with Crippen LogP contribution in [0.3, 0.4) is 0 Å². The summed E-state index contributed by atoms with van der Waals surface area (Å²) in [5, 5.41) is 8.65. The Morgan fingerprint density at radius 2 is 1.90 bits per heavy atom. The fourth-order valence-corrected chi connectivity index (χ4v) is 5.15. The van der Waals surface area contributed by atoms with Gasteiger partial charge in [-0.05, 0) is 44.2 Å². The quantitative estimate of drug-likeness (QED) is 0.395. The van der Waals surface area contributed by atoms with Gasteiger partial charge in [0.1, 0.15) is 0 Å². The molecule has 3 N–H and O–H groups in total. The lowest BCUT2D eigenvalue weighted by Gasteiger charge is -2.41. The third-order valence-electron chi connectivity index (χ3n) is 7.29. The van der Waals surface area contributed by atoms with E-state index >= 15 is 0 Å². The highest BCUT2D eigenvalue weighted by Crippen LogP contribution is 2.32. The van der Waals surface area contributed by atoms with E-state index in [-0.39, 0.29) is 36.5 Å². The van der Waals surface area contributed by atoms with E-state index in [1.54, 1.807) is 11.0 Å². The molecule has 2 aliphatic heterocycles. The van der Waals surface area contributed by atoms with E-state index in [1.807, 2.05) is 11.8 Å². The summed E-state index contributed by atoms with van der Waals surface area (Å²) >= 11 is 6.19. The second-order valence-corrected chi connectivity index (χ2v) is 10.6. The number of carbonyl (C=O) groups excluding carboxylic acids is 2. The van der Waals surface area contributed by atoms with Crippen LogP contribution in [0.4, 0.5) is 33.3 Å². The molecule has 40 heavy (non-hydrogen) atoms. The molecule has 218 valence electrons. The minimum atomic E-state index is -4.24. The van der Waals surface area contributed by atoms with Gasteiger partial charge in [-0.2, -0.15) is 13.2 Å². The van der Waals surface area contributed by atoms with Crippen LogP contribution < -0.4 is 20.9 Å². The van der Waals surface area contributed by atoms with E-state index in [4.69, 9.17) is 11.6 Å². The summed E-state index contributed by atoms with van der Waals surface area (Å²) in [6.07, 6.45) is -4.47. The Hall–Kier alpha value is -2.96. The van der Waals surface area contributed by atoms with E-state index in [0.717, 1.165) is 12.6 Å². The van der Waals surface area contributed by atoms with E-state index in [2.05, 4.69) is 16.0 Å². The van der Waals surface area contributed by atoms with Gasteiger partial charge < -0.3 is 20.9 Å². The van der Waals surface area contributed by atoms with Gasteiger partial charge in [0.2, 0.25) is 5.91 Å². The molecule has 2 saturated heterocycles. The van der Waals surface area contributed by atoms with Crippen molar-refractivity contribution in [2.24, 2.45) is 5.92 Å². The molecular formula is C27H31ClF5N5O2. The number of halogens is 6. The Morgan fingerprint density at radius 1 is 1.12 bits per heavy atom. The molecule has 4 rings (SSSR count). The van der Waals surface area contributed by atoms with Gasteiger partial charge in [0.05, 0.1) is 29.3 Å². The maximum absolute atomic E-state index is 14.9. The molecule has 0 bridgehead atoms. The number of hydrogen-bond donors (Lipinski definition) is 3. The van der Waals surface area contributed by atoms with Gasteiger partial charge >= 0.3 is 6.18 Å². The van der Waals surface area contributed by atoms with Gasteiger partial charge in [-0.25, -0.2) is 8.78 Å². The number of alkyl halides is 3. The van der Waals surface area contributed by atoms with Crippen molar-refractivity contribution in [3.63, 3.8) is 0 Å². The molecule has 2 heterocycles. The van der Waals surface area contributed by atoms with E-state index in [0.29, 0.717) is 49.0 Å². The SMILES string of the molecule is C[C@H]1CN(c2cc(Cl)ccc2NC(=O)c2ccc(CNC(=O)C3CCNC3)c(F)c2F)CCN1CCC(F)(F)F. The molecule has 0 aromatic heterocycles. The number of anilines is 2. The van der Waals surface area contributed by atoms with Crippen LogP contribution in [0.1, 0.15) is 35.7 Å². The van der Waals surface area contributed by atoms with E-state index < -0.39 is 35.7 Å². The third-order valence-corrected chi connectivity index (χ3v) is 7.52. The van der Waals surface area contributed by atoms with Crippen molar-refractivity contribution < 1.29 is 31.5 Å². The molecule has 0 spiro atoms. The predicted octanol–water partition coefficient (Wildman–Crippen LogP) is 4.56. The molecule has 13 heteroatoms. The van der Waals surface area contributed by atoms with Crippen LogP contribution in [0, 0.1) is 17.6 Å². The fraction of sp³-hybridized carbons (Fsp3) is 0.481. The number of piperazine rings is 1. The average molecular weight is 588 g/mol. The van der Waals surface area contributed by atoms with Crippen molar-refractivity contribution in [3.05, 3.63) is 58.1 Å². The number of carbonyl (C=O) groups is 2. The van der Waals surface area contributed by atoms with E-state index in [1.165, 1.54) is 18.2 Å². The van der Waals surface area contributed by atoms with Gasteiger partial charge in [0.25, 0.3) is 5.91 Å². The Kier molecular flexibility index (Phi) is 9.52. The van der Waals surface area contributed by atoms with Crippen molar-refractivity contribution in [1.29, 1.82) is 0 Å². The lowest BCUT2D eigenvalue weighted by molar-refractivity contribution is -0.139. The molecule has 2 aliphatic rings. The zero-order valence-electron chi connectivity index (χ0n) is 21.9. The van der Waals surface area contributed by atoms with Crippen LogP contribution in [-0.4, -0.2) is 68.2 Å². The second kappa shape index (κ2) is 12.7. The Morgan fingerprint density at radius 3 is 2.58 bits per heavy atom. The minimum Gasteiger partial charge on any atom is -0.367 e. The zero-order chi connectivity index (χ0) is 29.0. The first-order valence-corrected chi connectivity index (χ1v) is 13.4. The summed E-state index contributed by atoms with van der Waals surface area (Å²) in [6.45, 7) is 3.87. The smallest absolute Gasteiger partial charge is 0.367 e. The normalized spacial score (nSPS) is 20.0. The largest absolute Gasteiger partial charge is 0.390 e. The highest BCUT2D eigenvalue weighted by molar-refractivity contribution is 6.31. The van der Waals surface area contributed by atoms with Crippen molar-refractivity contribution in [2.45, 2.75) is 38.5 Å². The first-order chi connectivity index (χ1) is 18.9. The summed E-state index contributed by atoms with van der Waals surface area (Å²) < 4.78 is 67.8. The summed E-state index contributed by atoms with van der Waals surface area (Å²) in [6, 6.07) is 6.88. The molecule has 0 aliphatic carbocycles. The Labute approximate surface area is 234 Å². The van der Waals surface area contributed by atoms with Crippen molar-refractivity contribution in [2.75, 3.05) is 49.5 Å². The van der Waals surface area contributed by atoms with Crippen LogP contribution in [0.25, 0.3) is 0 Å². The Balaban J connectivity index is 1.44. The number of hydrogen-bond acceptors (Lipinski definition) is 5. The second-order valence-electron chi connectivity index (χ2n) is 10.1. The molecule has 1 unspecified atom stereocenters. The number of nitrogens with one attached hydrogen (secondary N) is 3. The van der Waals surface area contributed by atoms with Gasteiger partial charge in [-0.3, -0.25) is 14.5 Å². The molecule has 0 radical (unpaired) electrons. The summed E-state index contributed by atoms with van der Waals surface area (Å²) in [7, 11) is 0. The molecule has 2 atom stereocenters. The number of benzene rings is 2. The fourth-order valence-electron chi connectivity index (χ4n) is 4.98. The van der Waals surface area contributed by atoms with Gasteiger partial charge in [0, 0.05) is 55.9 Å². The number of amides is 2. The maximum atomic E-state index is 14.9. The monoisotopic (exact) mass is 587 g/mol. The van der Waals surface area contributed by atoms with Crippen molar-refractivity contribution in [3.8, 4) is 0 Å². The van der Waals surface area contributed by atoms with Crippen LogP contribution in [0.15, 0.2) is 30.3 Å². The molecule has 0 saturated carbocycles. The van der Waals surface area contributed by atoms with Crippen LogP contribution >= 0.6 is 11.6 Å². The number of rotatable bonds is 8. The average Bonchev–Trinajstić information content (AvgIpc) is 3.44. The van der Waals surface area contributed by atoms with Gasteiger partial charge in [-0.15, -0.1) is 0 Å². The van der Waals surface area contributed by atoms with Crippen molar-refractivity contribution in [1.82, 2.24) is 15.5 Å². The summed E-state index contributed by atoms with van der Waals surface area (Å²) in [5.74, 6) is -3.92. The summed E-state index contributed by atoms with van der Waals surface area (Å²) in [5.41, 5.74) is 0.216. The minimum absolute atomic E-state index is 0.0853. The zero-order valence-corrected chi connectivity index (χ0v) is 22.6. The van der Waals surface area contributed by atoms with Crippen LogP contribution in [0.2, 0.25) is 5.02 Å². The molecule has 2 aromatic rings. The Bertz CT molecular complexity index is 1240. The lowest BCUT2D eigenvalue weighted by Crippen LogP contribution is -2.52. The molecule has 2 amide bonds. The molecule has 2 fully saturated rings. The summed E-state index contributed by atoms with van der Waals surface area (Å²) in [4.78, 5) is 28.8. The predicted molar refractivity (Wildman–Crippen MR) is 143 cm³/mol. The van der Waals surface area contributed by atoms with Gasteiger partial charge in [0.15, 0.2) is 11.6 Å². The molecular weight excluding hydrogens is 557 g/mol. The third kappa shape index (κ3) is 7.41. The highest BCUT2D eigenvalue weighted by atomic mass is 35.5. The van der Waals surface area contributed by atoms with Gasteiger partial charge in [-0.1, -0.05) is 17.7 Å². The first kappa shape index (κ1) is 30.0. The maximum Gasteiger partial charge on any atom is 0.390 e. The van der Waals surface area contributed by atoms with Crippen LogP contribution in [-0.2, 0) is 11.3 Å². The van der Waals surface area contributed by atoms with Crippen LogP contribution in [0.5, 0.6) is 0 Å². The number of nitrogens with zero attached hydrogens (tertiary/aromatic N) is 2. The molecule has 7 nitrogen and oxygen atoms in total. The van der Waals surface area contributed by atoms with E-state index in [9.17, 15) is 31.5 Å². The lowest BCUT2D eigenvalue weighted by atomic mass is 10.1.